The lowest BCUT2D eigenvalue weighted by atomic mass is 10.1. The molecule has 3 rings (SSSR count). The average Bonchev–Trinajstić information content (AvgIpc) is 3.06. The molecule has 0 spiro atoms. The van der Waals surface area contributed by atoms with E-state index in [1.807, 2.05) is 30.3 Å². The lowest BCUT2D eigenvalue weighted by Crippen LogP contribution is -2.49. The molecule has 0 unspecified atom stereocenters. The van der Waals surface area contributed by atoms with Crippen LogP contribution in [0.25, 0.3) is 0 Å². The van der Waals surface area contributed by atoms with E-state index in [0.29, 0.717) is 29.9 Å². The van der Waals surface area contributed by atoms with Crippen molar-refractivity contribution in [2.24, 2.45) is 0 Å². The molecular formula is C23H29N3O5. The molecule has 1 amide bonds. The van der Waals surface area contributed by atoms with Crippen molar-refractivity contribution in [3.05, 3.63) is 52.8 Å². The van der Waals surface area contributed by atoms with Gasteiger partial charge in [-0.25, -0.2) is 9.59 Å². The van der Waals surface area contributed by atoms with E-state index in [9.17, 15) is 14.4 Å². The number of carbonyl (C=O) groups excluding carboxylic acids is 3. The molecule has 0 atom stereocenters. The Morgan fingerprint density at radius 2 is 1.65 bits per heavy atom. The molecular weight excluding hydrogens is 398 g/mol. The van der Waals surface area contributed by atoms with Gasteiger partial charge in [0.05, 0.1) is 11.7 Å². The summed E-state index contributed by atoms with van der Waals surface area (Å²) in [4.78, 5) is 44.1. The van der Waals surface area contributed by atoms with Gasteiger partial charge in [-0.05, 0) is 45.4 Å². The molecule has 0 aliphatic carbocycles. The van der Waals surface area contributed by atoms with Crippen LogP contribution in [0.1, 0.15) is 46.0 Å². The minimum absolute atomic E-state index is 0.162. The van der Waals surface area contributed by atoms with Crippen molar-refractivity contribution in [3.8, 4) is 0 Å². The summed E-state index contributed by atoms with van der Waals surface area (Å²) in [5.74, 6) is -1.39. The van der Waals surface area contributed by atoms with Gasteiger partial charge in [-0.3, -0.25) is 4.79 Å². The second kappa shape index (κ2) is 9.68. The van der Waals surface area contributed by atoms with Gasteiger partial charge >= 0.3 is 11.9 Å². The first-order chi connectivity index (χ1) is 14.8. The largest absolute Gasteiger partial charge is 0.459 e. The molecule has 0 radical (unpaired) electrons. The first-order valence-corrected chi connectivity index (χ1v) is 10.4. The van der Waals surface area contributed by atoms with Crippen molar-refractivity contribution in [1.82, 2.24) is 9.88 Å². The highest BCUT2D eigenvalue weighted by Gasteiger charge is 2.26. The summed E-state index contributed by atoms with van der Waals surface area (Å²) in [7, 11) is 0. The number of rotatable bonds is 6. The molecule has 1 N–H and O–H groups in total. The van der Waals surface area contributed by atoms with Crippen LogP contribution in [-0.2, 0) is 14.3 Å². The van der Waals surface area contributed by atoms with E-state index >= 15 is 0 Å². The number of aromatic nitrogens is 1. The fraction of sp³-hybridized carbons (Fsp3) is 0.435. The first kappa shape index (κ1) is 22.4. The van der Waals surface area contributed by atoms with Crippen molar-refractivity contribution in [2.75, 3.05) is 37.7 Å². The number of H-pyrrole nitrogens is 1. The number of benzene rings is 1. The topological polar surface area (TPSA) is 91.9 Å². The highest BCUT2D eigenvalue weighted by molar-refractivity contribution is 5.99. The Labute approximate surface area is 182 Å². The maximum Gasteiger partial charge on any atom is 0.355 e. The third-order valence-electron chi connectivity index (χ3n) is 5.27. The van der Waals surface area contributed by atoms with Crippen molar-refractivity contribution in [1.29, 1.82) is 0 Å². The summed E-state index contributed by atoms with van der Waals surface area (Å²) in [5, 5.41) is 0. The zero-order valence-electron chi connectivity index (χ0n) is 18.4. The van der Waals surface area contributed by atoms with Crippen LogP contribution in [0.5, 0.6) is 0 Å². The van der Waals surface area contributed by atoms with Gasteiger partial charge in [0.1, 0.15) is 5.69 Å². The summed E-state index contributed by atoms with van der Waals surface area (Å²) in [6.07, 6.45) is -0.267. The lowest BCUT2D eigenvalue weighted by Gasteiger charge is -2.36. The predicted molar refractivity (Wildman–Crippen MR) is 116 cm³/mol. The van der Waals surface area contributed by atoms with Crippen molar-refractivity contribution >= 4 is 23.5 Å². The number of para-hydroxylation sites is 1. The highest BCUT2D eigenvalue weighted by atomic mass is 16.5. The number of nitrogens with one attached hydrogen (secondary N) is 1. The van der Waals surface area contributed by atoms with E-state index in [4.69, 9.17) is 9.47 Å². The van der Waals surface area contributed by atoms with E-state index in [2.05, 4.69) is 9.88 Å². The van der Waals surface area contributed by atoms with E-state index in [0.717, 1.165) is 18.8 Å². The molecule has 0 bridgehead atoms. The van der Waals surface area contributed by atoms with Crippen LogP contribution >= 0.6 is 0 Å². The third kappa shape index (κ3) is 5.25. The molecule has 2 aromatic rings. The van der Waals surface area contributed by atoms with Crippen LogP contribution in [-0.4, -0.2) is 66.6 Å². The van der Waals surface area contributed by atoms with Crippen LogP contribution in [0, 0.1) is 13.8 Å². The van der Waals surface area contributed by atoms with Crippen molar-refractivity contribution < 1.29 is 23.9 Å². The Morgan fingerprint density at radius 3 is 2.26 bits per heavy atom. The Balaban J connectivity index is 1.54. The maximum absolute atomic E-state index is 12.5. The van der Waals surface area contributed by atoms with Crippen LogP contribution in [0.2, 0.25) is 0 Å². The molecule has 1 aliphatic rings. The number of nitrogens with zero attached hydrogens (tertiary/aromatic N) is 2. The summed E-state index contributed by atoms with van der Waals surface area (Å²) in [6, 6.07) is 10.0. The molecule has 8 heteroatoms. The highest BCUT2D eigenvalue weighted by Crippen LogP contribution is 2.21. The minimum atomic E-state index is -0.666. The zero-order chi connectivity index (χ0) is 22.5. The van der Waals surface area contributed by atoms with Gasteiger partial charge in [-0.1, -0.05) is 18.2 Å². The van der Waals surface area contributed by atoms with E-state index < -0.39 is 11.9 Å². The normalized spacial score (nSPS) is 14.0. The number of esters is 2. The number of piperazine rings is 1. The van der Waals surface area contributed by atoms with E-state index in [1.165, 1.54) is 0 Å². The number of hydrogen-bond acceptors (Lipinski definition) is 6. The molecule has 0 saturated carbocycles. The molecule has 1 aromatic carbocycles. The maximum atomic E-state index is 12.5. The third-order valence-corrected chi connectivity index (χ3v) is 5.27. The Morgan fingerprint density at radius 1 is 1.00 bits per heavy atom. The van der Waals surface area contributed by atoms with Crippen molar-refractivity contribution in [3.63, 3.8) is 0 Å². The Kier molecular flexibility index (Phi) is 6.99. The fourth-order valence-corrected chi connectivity index (χ4v) is 3.68. The summed E-state index contributed by atoms with van der Waals surface area (Å²) in [6.45, 7) is 9.10. The van der Waals surface area contributed by atoms with Gasteiger partial charge in [0.25, 0.3) is 5.91 Å². The fourth-order valence-electron chi connectivity index (χ4n) is 3.68. The standard InChI is InChI=1S/C23H29N3O5/c1-15(2)31-22(28)20-16(3)21(24-17(20)4)23(29)30-14-19(27)26-12-10-25(11-13-26)18-8-6-5-7-9-18/h5-9,15,24H,10-14H2,1-4H3. The molecule has 1 fully saturated rings. The quantitative estimate of drug-likeness (QED) is 0.713. The van der Waals surface area contributed by atoms with E-state index in [1.54, 1.807) is 32.6 Å². The molecule has 2 heterocycles. The van der Waals surface area contributed by atoms with Gasteiger partial charge in [-0.15, -0.1) is 0 Å². The lowest BCUT2D eigenvalue weighted by molar-refractivity contribution is -0.134. The number of amides is 1. The molecule has 8 nitrogen and oxygen atoms in total. The van der Waals surface area contributed by atoms with E-state index in [-0.39, 0.29) is 24.3 Å². The zero-order valence-corrected chi connectivity index (χ0v) is 18.4. The SMILES string of the molecule is Cc1[nH]c(C(=O)OCC(=O)N2CCN(c3ccccc3)CC2)c(C)c1C(=O)OC(C)C. The number of aromatic amines is 1. The number of carbonyl (C=O) groups is 3. The Hall–Kier alpha value is -3.29. The molecule has 1 aromatic heterocycles. The number of aryl methyl sites for hydroxylation is 1. The number of ether oxygens (including phenoxy) is 2. The molecule has 1 aliphatic heterocycles. The monoisotopic (exact) mass is 427 g/mol. The van der Waals surface area contributed by atoms with Crippen LogP contribution < -0.4 is 4.90 Å². The van der Waals surface area contributed by atoms with Crippen molar-refractivity contribution in [2.45, 2.75) is 33.8 Å². The van der Waals surface area contributed by atoms with Gasteiger partial charge in [0, 0.05) is 37.6 Å². The first-order valence-electron chi connectivity index (χ1n) is 10.4. The summed E-state index contributed by atoms with van der Waals surface area (Å²) >= 11 is 0. The number of anilines is 1. The predicted octanol–water partition coefficient (Wildman–Crippen LogP) is 2.70. The van der Waals surface area contributed by atoms with Crippen LogP contribution in [0.3, 0.4) is 0 Å². The van der Waals surface area contributed by atoms with Gasteiger partial charge in [-0.2, -0.15) is 0 Å². The molecule has 1 saturated heterocycles. The number of hydrogen-bond donors (Lipinski definition) is 1. The molecule has 31 heavy (non-hydrogen) atoms. The van der Waals surface area contributed by atoms with Gasteiger partial charge < -0.3 is 24.3 Å². The second-order valence-corrected chi connectivity index (χ2v) is 7.86. The van der Waals surface area contributed by atoms with Gasteiger partial charge in [0.15, 0.2) is 6.61 Å². The average molecular weight is 428 g/mol. The Bertz CT molecular complexity index is 944. The summed E-state index contributed by atoms with van der Waals surface area (Å²) < 4.78 is 10.5. The molecule has 166 valence electrons. The second-order valence-electron chi connectivity index (χ2n) is 7.86. The minimum Gasteiger partial charge on any atom is -0.459 e. The summed E-state index contributed by atoms with van der Waals surface area (Å²) in [5.41, 5.74) is 2.60. The van der Waals surface area contributed by atoms with Gasteiger partial charge in [0.2, 0.25) is 0 Å². The van der Waals surface area contributed by atoms with Crippen LogP contribution in [0.15, 0.2) is 30.3 Å². The van der Waals surface area contributed by atoms with Crippen LogP contribution in [0.4, 0.5) is 5.69 Å². The smallest absolute Gasteiger partial charge is 0.355 e.